The van der Waals surface area contributed by atoms with Gasteiger partial charge in [0.2, 0.25) is 5.95 Å². The van der Waals surface area contributed by atoms with Gasteiger partial charge in [0, 0.05) is 50.3 Å². The number of pyridine rings is 1. The van der Waals surface area contributed by atoms with E-state index in [0.29, 0.717) is 17.4 Å². The van der Waals surface area contributed by atoms with Crippen LogP contribution in [0.1, 0.15) is 62.5 Å². The molecule has 35 heavy (non-hydrogen) atoms. The quantitative estimate of drug-likeness (QED) is 0.487. The highest BCUT2D eigenvalue weighted by atomic mass is 16.4. The number of carbonyl (C=O) groups is 1. The van der Waals surface area contributed by atoms with Crippen molar-refractivity contribution in [3.05, 3.63) is 36.3 Å². The maximum atomic E-state index is 11.9. The van der Waals surface area contributed by atoms with Crippen LogP contribution in [0.3, 0.4) is 0 Å². The normalized spacial score (nSPS) is 18.3. The van der Waals surface area contributed by atoms with Crippen LogP contribution in [-0.4, -0.2) is 68.2 Å². The number of hydrogen-bond donors (Lipinski definition) is 2. The number of piperazine rings is 1. The molecule has 0 spiro atoms. The second-order valence-corrected chi connectivity index (χ2v) is 9.94. The Balaban J connectivity index is 1.28. The van der Waals surface area contributed by atoms with Gasteiger partial charge in [-0.15, -0.1) is 0 Å². The van der Waals surface area contributed by atoms with E-state index in [1.807, 2.05) is 16.8 Å². The molecule has 1 saturated carbocycles. The summed E-state index contributed by atoms with van der Waals surface area (Å²) in [6, 6.07) is 5.88. The molecule has 0 bridgehead atoms. The van der Waals surface area contributed by atoms with Crippen molar-refractivity contribution in [3.8, 4) is 0 Å². The Morgan fingerprint density at radius 3 is 2.57 bits per heavy atom. The van der Waals surface area contributed by atoms with Crippen molar-refractivity contribution in [2.75, 3.05) is 42.9 Å². The number of fused-ring (bicyclic) bond motifs is 1. The molecular formula is C26H35N7O2. The number of nitrogens with one attached hydrogen (secondary N) is 1. The third-order valence-corrected chi connectivity index (χ3v) is 7.48. The maximum Gasteiger partial charge on any atom is 0.352 e. The van der Waals surface area contributed by atoms with Gasteiger partial charge in [0.1, 0.15) is 17.2 Å². The number of anilines is 3. The second kappa shape index (κ2) is 10.2. The molecule has 2 N–H and O–H groups in total. The first-order valence-electron chi connectivity index (χ1n) is 12.8. The fraction of sp³-hybridized carbons (Fsp3) is 0.538. The van der Waals surface area contributed by atoms with Gasteiger partial charge in [0.05, 0.1) is 11.9 Å². The molecule has 1 unspecified atom stereocenters. The third-order valence-electron chi connectivity index (χ3n) is 7.48. The van der Waals surface area contributed by atoms with Crippen LogP contribution in [0.5, 0.6) is 0 Å². The average Bonchev–Trinajstić information content (AvgIpc) is 3.52. The summed E-state index contributed by atoms with van der Waals surface area (Å²) in [4.78, 5) is 30.5. The Hall–Kier alpha value is -3.20. The van der Waals surface area contributed by atoms with E-state index in [9.17, 15) is 9.90 Å². The van der Waals surface area contributed by atoms with Gasteiger partial charge in [-0.1, -0.05) is 33.1 Å². The number of carboxylic acid groups (broad SMARTS) is 1. The molecule has 5 rings (SSSR count). The van der Waals surface area contributed by atoms with Crippen molar-refractivity contribution in [3.63, 3.8) is 0 Å². The van der Waals surface area contributed by atoms with Gasteiger partial charge in [0.15, 0.2) is 0 Å². The largest absolute Gasteiger partial charge is 0.477 e. The molecule has 0 radical (unpaired) electrons. The lowest BCUT2D eigenvalue weighted by Crippen LogP contribution is -2.47. The number of aromatic carboxylic acids is 1. The van der Waals surface area contributed by atoms with E-state index in [4.69, 9.17) is 4.98 Å². The zero-order chi connectivity index (χ0) is 24.4. The van der Waals surface area contributed by atoms with Gasteiger partial charge >= 0.3 is 5.97 Å². The highest BCUT2D eigenvalue weighted by Crippen LogP contribution is 2.34. The van der Waals surface area contributed by atoms with Crippen LogP contribution in [0.2, 0.25) is 0 Å². The van der Waals surface area contributed by atoms with Gasteiger partial charge in [0.25, 0.3) is 0 Å². The summed E-state index contributed by atoms with van der Waals surface area (Å²) in [5.74, 6) is 0.903. The molecule has 1 atom stereocenters. The summed E-state index contributed by atoms with van der Waals surface area (Å²) in [5, 5.41) is 13.7. The number of hydrogen-bond acceptors (Lipinski definition) is 7. The molecule has 9 heteroatoms. The zero-order valence-corrected chi connectivity index (χ0v) is 20.7. The van der Waals surface area contributed by atoms with Crippen molar-refractivity contribution in [2.45, 2.75) is 52.0 Å². The summed E-state index contributed by atoms with van der Waals surface area (Å²) in [6.07, 6.45) is 9.00. The van der Waals surface area contributed by atoms with Crippen molar-refractivity contribution in [1.29, 1.82) is 0 Å². The van der Waals surface area contributed by atoms with Gasteiger partial charge in [-0.05, 0) is 37.0 Å². The van der Waals surface area contributed by atoms with Crippen LogP contribution in [0.25, 0.3) is 11.0 Å². The van der Waals surface area contributed by atoms with Crippen molar-refractivity contribution >= 4 is 34.5 Å². The molecule has 2 aliphatic rings. The van der Waals surface area contributed by atoms with E-state index in [1.54, 1.807) is 12.3 Å². The molecule has 1 aliphatic carbocycles. The van der Waals surface area contributed by atoms with Crippen molar-refractivity contribution < 1.29 is 9.90 Å². The minimum absolute atomic E-state index is 0.171. The van der Waals surface area contributed by atoms with Crippen LogP contribution in [0, 0.1) is 5.92 Å². The average molecular weight is 478 g/mol. The molecule has 1 saturated heterocycles. The summed E-state index contributed by atoms with van der Waals surface area (Å²) in [7, 11) is 0. The SMILES string of the molecule is CCC(C)CN1CCN(c2ccc(Nc3ncc4cc(C(=O)O)n(C5CCCC5)c4n3)nc2)CC1. The minimum atomic E-state index is -0.928. The number of aromatic nitrogens is 4. The molecular weight excluding hydrogens is 442 g/mol. The summed E-state index contributed by atoms with van der Waals surface area (Å²) in [6.45, 7) is 9.93. The molecule has 9 nitrogen and oxygen atoms in total. The first-order valence-corrected chi connectivity index (χ1v) is 12.8. The maximum absolute atomic E-state index is 11.9. The fourth-order valence-electron chi connectivity index (χ4n) is 5.29. The molecule has 3 aromatic heterocycles. The van der Waals surface area contributed by atoms with E-state index in [0.717, 1.165) is 68.9 Å². The number of carboxylic acids is 1. The Bertz CT molecular complexity index is 1160. The van der Waals surface area contributed by atoms with Crippen molar-refractivity contribution in [1.82, 2.24) is 24.4 Å². The third kappa shape index (κ3) is 5.10. The van der Waals surface area contributed by atoms with Crippen LogP contribution < -0.4 is 10.2 Å². The highest BCUT2D eigenvalue weighted by molar-refractivity contribution is 5.93. The second-order valence-electron chi connectivity index (χ2n) is 9.94. The lowest BCUT2D eigenvalue weighted by molar-refractivity contribution is 0.0683. The van der Waals surface area contributed by atoms with Crippen LogP contribution in [0.15, 0.2) is 30.6 Å². The number of rotatable bonds is 8. The predicted octanol–water partition coefficient (Wildman–Crippen LogP) is 4.55. The van der Waals surface area contributed by atoms with Crippen LogP contribution in [-0.2, 0) is 0 Å². The standard InChI is InChI=1S/C26H35N7O2/c1-3-18(2)17-31-10-12-32(13-11-31)21-8-9-23(27-16-21)29-26-28-15-19-14-22(25(34)35)33(24(19)30-26)20-6-4-5-7-20/h8-9,14-16,18,20H,3-7,10-13,17H2,1-2H3,(H,34,35)(H,27,28,29,30). The topological polar surface area (TPSA) is 99.4 Å². The molecule has 186 valence electrons. The summed E-state index contributed by atoms with van der Waals surface area (Å²) < 4.78 is 1.88. The molecule has 3 aromatic rings. The first-order chi connectivity index (χ1) is 17.0. The summed E-state index contributed by atoms with van der Waals surface area (Å²) in [5.41, 5.74) is 2.07. The lowest BCUT2D eigenvalue weighted by atomic mass is 10.1. The molecule has 0 aromatic carbocycles. The molecule has 2 fully saturated rings. The van der Waals surface area contributed by atoms with E-state index in [1.165, 1.54) is 13.0 Å². The fourth-order valence-corrected chi connectivity index (χ4v) is 5.29. The zero-order valence-electron chi connectivity index (χ0n) is 20.7. The number of nitrogens with zero attached hydrogens (tertiary/aromatic N) is 6. The van der Waals surface area contributed by atoms with Gasteiger partial charge < -0.3 is 19.9 Å². The Kier molecular flexibility index (Phi) is 6.86. The Labute approximate surface area is 206 Å². The molecule has 4 heterocycles. The highest BCUT2D eigenvalue weighted by Gasteiger charge is 2.25. The van der Waals surface area contributed by atoms with Crippen LogP contribution in [0.4, 0.5) is 17.5 Å². The van der Waals surface area contributed by atoms with Crippen molar-refractivity contribution in [2.24, 2.45) is 5.92 Å². The predicted molar refractivity (Wildman–Crippen MR) is 138 cm³/mol. The van der Waals surface area contributed by atoms with Crippen LogP contribution >= 0.6 is 0 Å². The Morgan fingerprint density at radius 1 is 1.14 bits per heavy atom. The van der Waals surface area contributed by atoms with Gasteiger partial charge in [-0.25, -0.2) is 14.8 Å². The lowest BCUT2D eigenvalue weighted by Gasteiger charge is -2.37. The van der Waals surface area contributed by atoms with E-state index in [-0.39, 0.29) is 11.7 Å². The molecule has 0 amide bonds. The molecule has 1 aliphatic heterocycles. The Morgan fingerprint density at radius 2 is 1.91 bits per heavy atom. The summed E-state index contributed by atoms with van der Waals surface area (Å²) >= 11 is 0. The van der Waals surface area contributed by atoms with E-state index >= 15 is 0 Å². The first kappa shape index (κ1) is 23.5. The van der Waals surface area contributed by atoms with E-state index < -0.39 is 5.97 Å². The van der Waals surface area contributed by atoms with Gasteiger partial charge in [-0.2, -0.15) is 4.98 Å². The monoisotopic (exact) mass is 477 g/mol. The minimum Gasteiger partial charge on any atom is -0.477 e. The smallest absolute Gasteiger partial charge is 0.352 e. The van der Waals surface area contributed by atoms with E-state index in [2.05, 4.69) is 45.0 Å². The van der Waals surface area contributed by atoms with Gasteiger partial charge in [-0.3, -0.25) is 4.90 Å².